The second kappa shape index (κ2) is 7.22. The van der Waals surface area contributed by atoms with Crippen molar-refractivity contribution in [2.24, 2.45) is 0 Å². The third-order valence-corrected chi connectivity index (χ3v) is 4.50. The van der Waals surface area contributed by atoms with Gasteiger partial charge in [0.25, 0.3) is 10.0 Å². The maximum Gasteiger partial charge on any atom is 0.265 e. The first-order chi connectivity index (χ1) is 11.4. The quantitative estimate of drug-likeness (QED) is 0.835. The SMILES string of the molecule is COc1ccc(OC)c(S(=O)(=O)Nc2cccc(NC(C)=O)c2)c1. The molecule has 0 bridgehead atoms. The van der Waals surface area contributed by atoms with Crippen LogP contribution in [0.2, 0.25) is 0 Å². The van der Waals surface area contributed by atoms with Gasteiger partial charge in [0.05, 0.1) is 19.9 Å². The molecule has 2 aromatic rings. The van der Waals surface area contributed by atoms with Crippen LogP contribution in [0.1, 0.15) is 6.92 Å². The summed E-state index contributed by atoms with van der Waals surface area (Å²) in [6.45, 7) is 1.37. The van der Waals surface area contributed by atoms with Crippen LogP contribution in [0.4, 0.5) is 11.4 Å². The maximum absolute atomic E-state index is 12.6. The Hall–Kier alpha value is -2.74. The summed E-state index contributed by atoms with van der Waals surface area (Å²) in [5.74, 6) is 0.342. The summed E-state index contributed by atoms with van der Waals surface area (Å²) in [6, 6.07) is 10.9. The third kappa shape index (κ3) is 4.17. The van der Waals surface area contributed by atoms with E-state index in [4.69, 9.17) is 9.47 Å². The average molecular weight is 350 g/mol. The standard InChI is InChI=1S/C16H18N2O5S/c1-11(19)17-12-5-4-6-13(9-12)18-24(20,21)16-10-14(22-2)7-8-15(16)23-3/h4-10,18H,1-3H3,(H,17,19). The Morgan fingerprint density at radius 1 is 1.00 bits per heavy atom. The second-order valence-electron chi connectivity index (χ2n) is 4.88. The average Bonchev–Trinajstić information content (AvgIpc) is 2.53. The summed E-state index contributed by atoms with van der Waals surface area (Å²) in [4.78, 5) is 11.1. The monoisotopic (exact) mass is 350 g/mol. The van der Waals surface area contributed by atoms with Crippen molar-refractivity contribution in [1.29, 1.82) is 0 Å². The Bertz CT molecular complexity index is 849. The Morgan fingerprint density at radius 3 is 2.33 bits per heavy atom. The molecule has 24 heavy (non-hydrogen) atoms. The minimum atomic E-state index is -3.90. The van der Waals surface area contributed by atoms with Crippen molar-refractivity contribution in [3.8, 4) is 11.5 Å². The van der Waals surface area contributed by atoms with Gasteiger partial charge in [-0.25, -0.2) is 8.42 Å². The molecule has 7 nitrogen and oxygen atoms in total. The number of carbonyl (C=O) groups is 1. The van der Waals surface area contributed by atoms with Gasteiger partial charge in [-0.2, -0.15) is 0 Å². The molecule has 8 heteroatoms. The summed E-state index contributed by atoms with van der Waals surface area (Å²) < 4.78 is 37.9. The number of amides is 1. The largest absolute Gasteiger partial charge is 0.497 e. The normalized spacial score (nSPS) is 10.8. The highest BCUT2D eigenvalue weighted by molar-refractivity contribution is 7.92. The van der Waals surface area contributed by atoms with Crippen LogP contribution in [-0.4, -0.2) is 28.5 Å². The van der Waals surface area contributed by atoms with Crippen LogP contribution in [0.15, 0.2) is 47.4 Å². The topological polar surface area (TPSA) is 93.7 Å². The number of carbonyl (C=O) groups excluding carboxylic acids is 1. The maximum atomic E-state index is 12.6. The predicted octanol–water partition coefficient (Wildman–Crippen LogP) is 2.46. The Kier molecular flexibility index (Phi) is 5.30. The van der Waals surface area contributed by atoms with E-state index in [9.17, 15) is 13.2 Å². The van der Waals surface area contributed by atoms with Crippen molar-refractivity contribution in [2.45, 2.75) is 11.8 Å². The number of nitrogens with one attached hydrogen (secondary N) is 2. The van der Waals surface area contributed by atoms with Crippen LogP contribution in [-0.2, 0) is 14.8 Å². The van der Waals surface area contributed by atoms with Crippen molar-refractivity contribution in [3.63, 3.8) is 0 Å². The summed E-state index contributed by atoms with van der Waals surface area (Å²) >= 11 is 0. The van der Waals surface area contributed by atoms with E-state index >= 15 is 0 Å². The lowest BCUT2D eigenvalue weighted by Gasteiger charge is -2.13. The molecule has 2 rings (SSSR count). The number of benzene rings is 2. The molecule has 2 aromatic carbocycles. The van der Waals surface area contributed by atoms with Crippen LogP contribution in [0.25, 0.3) is 0 Å². The van der Waals surface area contributed by atoms with Gasteiger partial charge in [0.2, 0.25) is 5.91 Å². The molecule has 128 valence electrons. The van der Waals surface area contributed by atoms with E-state index in [-0.39, 0.29) is 16.6 Å². The fourth-order valence-corrected chi connectivity index (χ4v) is 3.30. The van der Waals surface area contributed by atoms with Crippen molar-refractivity contribution in [3.05, 3.63) is 42.5 Å². The van der Waals surface area contributed by atoms with E-state index in [1.165, 1.54) is 39.3 Å². The number of hydrogen-bond acceptors (Lipinski definition) is 5. The molecule has 0 aliphatic rings. The summed E-state index contributed by atoms with van der Waals surface area (Å²) in [6.07, 6.45) is 0. The van der Waals surface area contributed by atoms with Gasteiger partial charge in [0, 0.05) is 18.7 Å². The van der Waals surface area contributed by atoms with Crippen molar-refractivity contribution in [2.75, 3.05) is 24.3 Å². The Morgan fingerprint density at radius 2 is 1.71 bits per heavy atom. The number of ether oxygens (including phenoxy) is 2. The molecule has 0 aliphatic carbocycles. The molecule has 0 aliphatic heterocycles. The molecule has 0 atom stereocenters. The highest BCUT2D eigenvalue weighted by Crippen LogP contribution is 2.30. The van der Waals surface area contributed by atoms with E-state index in [0.29, 0.717) is 17.1 Å². The van der Waals surface area contributed by atoms with Crippen molar-refractivity contribution in [1.82, 2.24) is 0 Å². The molecular formula is C16H18N2O5S. The first-order valence-electron chi connectivity index (χ1n) is 6.98. The minimum Gasteiger partial charge on any atom is -0.497 e. The van der Waals surface area contributed by atoms with Crippen molar-refractivity contribution >= 4 is 27.3 Å². The Labute approximate surface area is 140 Å². The zero-order valence-electron chi connectivity index (χ0n) is 13.5. The lowest BCUT2D eigenvalue weighted by atomic mass is 10.3. The molecular weight excluding hydrogens is 332 g/mol. The Balaban J connectivity index is 2.37. The van der Waals surface area contributed by atoms with Crippen LogP contribution in [0.5, 0.6) is 11.5 Å². The number of sulfonamides is 1. The molecule has 0 unspecified atom stereocenters. The van der Waals surface area contributed by atoms with Crippen LogP contribution < -0.4 is 19.5 Å². The molecule has 0 fully saturated rings. The number of anilines is 2. The number of rotatable bonds is 6. The molecule has 1 amide bonds. The number of hydrogen-bond donors (Lipinski definition) is 2. The smallest absolute Gasteiger partial charge is 0.265 e. The minimum absolute atomic E-state index is 0.0470. The summed E-state index contributed by atoms with van der Waals surface area (Å²) in [5, 5.41) is 2.59. The van der Waals surface area contributed by atoms with E-state index in [1.54, 1.807) is 24.3 Å². The summed E-state index contributed by atoms with van der Waals surface area (Å²) in [7, 11) is -1.07. The van der Waals surface area contributed by atoms with Gasteiger partial charge in [-0.3, -0.25) is 9.52 Å². The fraction of sp³-hybridized carbons (Fsp3) is 0.188. The van der Waals surface area contributed by atoms with E-state index in [1.807, 2.05) is 0 Å². The molecule has 2 N–H and O–H groups in total. The zero-order chi connectivity index (χ0) is 17.7. The lowest BCUT2D eigenvalue weighted by molar-refractivity contribution is -0.114. The van der Waals surface area contributed by atoms with Gasteiger partial charge in [0.1, 0.15) is 16.4 Å². The summed E-state index contributed by atoms with van der Waals surface area (Å²) in [5.41, 5.74) is 0.798. The van der Waals surface area contributed by atoms with Gasteiger partial charge in [-0.05, 0) is 30.3 Å². The van der Waals surface area contributed by atoms with Crippen LogP contribution in [0.3, 0.4) is 0 Å². The third-order valence-electron chi connectivity index (χ3n) is 3.10. The highest BCUT2D eigenvalue weighted by Gasteiger charge is 2.21. The van der Waals surface area contributed by atoms with Gasteiger partial charge in [-0.15, -0.1) is 0 Å². The van der Waals surface area contributed by atoms with Gasteiger partial charge in [-0.1, -0.05) is 6.07 Å². The van der Waals surface area contributed by atoms with Gasteiger partial charge in [0.15, 0.2) is 0 Å². The molecule has 0 saturated carbocycles. The van der Waals surface area contributed by atoms with Crippen molar-refractivity contribution < 1.29 is 22.7 Å². The van der Waals surface area contributed by atoms with Gasteiger partial charge < -0.3 is 14.8 Å². The fourth-order valence-electron chi connectivity index (χ4n) is 2.07. The highest BCUT2D eigenvalue weighted by atomic mass is 32.2. The first-order valence-corrected chi connectivity index (χ1v) is 8.46. The molecule has 0 saturated heterocycles. The predicted molar refractivity (Wildman–Crippen MR) is 91.1 cm³/mol. The first kappa shape index (κ1) is 17.6. The molecule has 0 radical (unpaired) electrons. The lowest BCUT2D eigenvalue weighted by Crippen LogP contribution is -2.14. The van der Waals surface area contributed by atoms with Crippen LogP contribution in [0, 0.1) is 0 Å². The van der Waals surface area contributed by atoms with E-state index in [0.717, 1.165) is 0 Å². The van der Waals surface area contributed by atoms with Crippen LogP contribution >= 0.6 is 0 Å². The second-order valence-corrected chi connectivity index (χ2v) is 6.54. The molecule has 0 heterocycles. The number of methoxy groups -OCH3 is 2. The van der Waals surface area contributed by atoms with Gasteiger partial charge >= 0.3 is 0 Å². The molecule has 0 aromatic heterocycles. The zero-order valence-corrected chi connectivity index (χ0v) is 14.3. The molecule has 0 spiro atoms. The van der Waals surface area contributed by atoms with E-state index in [2.05, 4.69) is 10.0 Å². The van der Waals surface area contributed by atoms with E-state index < -0.39 is 10.0 Å².